The topological polar surface area (TPSA) is 46.3 Å². The zero-order valence-corrected chi connectivity index (χ0v) is 10.7. The van der Waals surface area contributed by atoms with Gasteiger partial charge in [-0.1, -0.05) is 18.5 Å². The van der Waals surface area contributed by atoms with E-state index in [1.165, 1.54) is 30.1 Å². The Labute approximate surface area is 105 Å². The van der Waals surface area contributed by atoms with Gasteiger partial charge < -0.3 is 10.6 Å². The van der Waals surface area contributed by atoms with Crippen molar-refractivity contribution in [3.63, 3.8) is 0 Å². The maximum Gasteiger partial charge on any atom is 0.231 e. The standard InChI is InChI=1S/C12H16ClFN2O/c1-3-8(7-15)12(17)16(2)11-6-9(13)4-5-10(11)14/h4-6,8H,3,7,15H2,1-2H3. The number of hydrogen-bond acceptors (Lipinski definition) is 2. The van der Waals surface area contributed by atoms with E-state index in [4.69, 9.17) is 17.3 Å². The first-order valence-electron chi connectivity index (χ1n) is 5.44. The van der Waals surface area contributed by atoms with Crippen molar-refractivity contribution in [1.29, 1.82) is 0 Å². The van der Waals surface area contributed by atoms with Crippen molar-refractivity contribution in [3.05, 3.63) is 29.0 Å². The Morgan fingerprint density at radius 1 is 1.59 bits per heavy atom. The zero-order chi connectivity index (χ0) is 13.0. The van der Waals surface area contributed by atoms with Crippen LogP contribution in [-0.2, 0) is 4.79 Å². The first kappa shape index (κ1) is 13.9. The largest absolute Gasteiger partial charge is 0.330 e. The molecule has 0 aliphatic carbocycles. The van der Waals surface area contributed by atoms with E-state index < -0.39 is 5.82 Å². The summed E-state index contributed by atoms with van der Waals surface area (Å²) in [6.07, 6.45) is 0.627. The molecule has 5 heteroatoms. The molecule has 0 radical (unpaired) electrons. The highest BCUT2D eigenvalue weighted by Crippen LogP contribution is 2.24. The number of anilines is 1. The monoisotopic (exact) mass is 258 g/mol. The Morgan fingerprint density at radius 3 is 2.76 bits per heavy atom. The van der Waals surface area contributed by atoms with Crippen LogP contribution in [0.2, 0.25) is 5.02 Å². The molecule has 1 aromatic rings. The van der Waals surface area contributed by atoms with Crippen LogP contribution in [0.15, 0.2) is 18.2 Å². The van der Waals surface area contributed by atoms with Crippen LogP contribution in [0.5, 0.6) is 0 Å². The quantitative estimate of drug-likeness (QED) is 0.902. The van der Waals surface area contributed by atoms with Crippen LogP contribution < -0.4 is 10.6 Å². The fourth-order valence-corrected chi connectivity index (χ4v) is 1.74. The van der Waals surface area contributed by atoms with Crippen LogP contribution >= 0.6 is 11.6 Å². The number of benzene rings is 1. The maximum absolute atomic E-state index is 13.6. The third-order valence-corrected chi connectivity index (χ3v) is 2.96. The van der Waals surface area contributed by atoms with Gasteiger partial charge in [0.15, 0.2) is 0 Å². The molecule has 0 saturated heterocycles. The summed E-state index contributed by atoms with van der Waals surface area (Å²) in [6.45, 7) is 2.12. The number of halogens is 2. The third kappa shape index (κ3) is 3.17. The van der Waals surface area contributed by atoms with Crippen LogP contribution in [0.3, 0.4) is 0 Å². The highest BCUT2D eigenvalue weighted by atomic mass is 35.5. The summed E-state index contributed by atoms with van der Waals surface area (Å²) in [5, 5.41) is 0.391. The van der Waals surface area contributed by atoms with E-state index in [2.05, 4.69) is 0 Å². The van der Waals surface area contributed by atoms with Crippen molar-refractivity contribution in [3.8, 4) is 0 Å². The molecule has 3 nitrogen and oxygen atoms in total. The molecular formula is C12H16ClFN2O. The predicted molar refractivity (Wildman–Crippen MR) is 67.7 cm³/mol. The lowest BCUT2D eigenvalue weighted by atomic mass is 10.1. The fraction of sp³-hybridized carbons (Fsp3) is 0.417. The predicted octanol–water partition coefficient (Wildman–Crippen LogP) is 2.43. The molecule has 0 aromatic heterocycles. The van der Waals surface area contributed by atoms with Gasteiger partial charge in [-0.15, -0.1) is 0 Å². The first-order chi connectivity index (χ1) is 8.01. The molecule has 0 saturated carbocycles. The molecule has 1 atom stereocenters. The molecule has 1 aromatic carbocycles. The third-order valence-electron chi connectivity index (χ3n) is 2.73. The number of carbonyl (C=O) groups is 1. The second-order valence-electron chi connectivity index (χ2n) is 3.83. The average Bonchev–Trinajstić information content (AvgIpc) is 2.32. The van der Waals surface area contributed by atoms with E-state index in [0.717, 1.165) is 0 Å². The Bertz CT molecular complexity index is 407. The summed E-state index contributed by atoms with van der Waals surface area (Å²) in [7, 11) is 1.52. The van der Waals surface area contributed by atoms with Crippen LogP contribution in [0, 0.1) is 11.7 Å². The Balaban J connectivity index is 2.99. The minimum atomic E-state index is -0.475. The van der Waals surface area contributed by atoms with Crippen molar-refractivity contribution in [2.45, 2.75) is 13.3 Å². The van der Waals surface area contributed by atoms with Crippen LogP contribution in [-0.4, -0.2) is 19.5 Å². The molecule has 2 N–H and O–H groups in total. The van der Waals surface area contributed by atoms with Gasteiger partial charge in [-0.25, -0.2) is 4.39 Å². The lowest BCUT2D eigenvalue weighted by Crippen LogP contribution is -2.36. The van der Waals surface area contributed by atoms with Gasteiger partial charge >= 0.3 is 0 Å². The summed E-state index contributed by atoms with van der Waals surface area (Å²) in [4.78, 5) is 13.3. The molecule has 0 heterocycles. The van der Waals surface area contributed by atoms with E-state index >= 15 is 0 Å². The van der Waals surface area contributed by atoms with Crippen molar-refractivity contribution in [1.82, 2.24) is 0 Å². The molecule has 1 rings (SSSR count). The Kier molecular flexibility index (Phi) is 4.90. The lowest BCUT2D eigenvalue weighted by molar-refractivity contribution is -0.121. The molecule has 0 fully saturated rings. The van der Waals surface area contributed by atoms with E-state index in [1.807, 2.05) is 6.92 Å². The fourth-order valence-electron chi connectivity index (χ4n) is 1.58. The molecule has 1 unspecified atom stereocenters. The van der Waals surface area contributed by atoms with Crippen molar-refractivity contribution < 1.29 is 9.18 Å². The lowest BCUT2D eigenvalue weighted by Gasteiger charge is -2.22. The summed E-state index contributed by atoms with van der Waals surface area (Å²) in [5.74, 6) is -0.966. The second kappa shape index (κ2) is 5.98. The van der Waals surface area contributed by atoms with Crippen LogP contribution in [0.4, 0.5) is 10.1 Å². The number of carbonyl (C=O) groups excluding carboxylic acids is 1. The molecule has 94 valence electrons. The van der Waals surface area contributed by atoms with Gasteiger partial charge in [-0.3, -0.25) is 4.79 Å². The van der Waals surface area contributed by atoms with Gasteiger partial charge in [0.1, 0.15) is 5.82 Å². The Morgan fingerprint density at radius 2 is 2.24 bits per heavy atom. The molecule has 0 aliphatic heterocycles. The van der Waals surface area contributed by atoms with E-state index in [1.54, 1.807) is 0 Å². The Hall–Kier alpha value is -1.13. The number of nitrogens with two attached hydrogens (primary N) is 1. The highest BCUT2D eigenvalue weighted by molar-refractivity contribution is 6.30. The van der Waals surface area contributed by atoms with Gasteiger partial charge in [0.05, 0.1) is 11.6 Å². The van der Waals surface area contributed by atoms with Gasteiger partial charge in [0.2, 0.25) is 5.91 Å². The maximum atomic E-state index is 13.6. The summed E-state index contributed by atoms with van der Waals surface area (Å²) < 4.78 is 13.6. The summed E-state index contributed by atoms with van der Waals surface area (Å²) >= 11 is 5.78. The molecule has 0 spiro atoms. The van der Waals surface area contributed by atoms with Gasteiger partial charge in [0, 0.05) is 18.6 Å². The van der Waals surface area contributed by atoms with Crippen molar-refractivity contribution in [2.75, 3.05) is 18.5 Å². The van der Waals surface area contributed by atoms with Gasteiger partial charge in [-0.05, 0) is 24.6 Å². The number of nitrogens with zero attached hydrogens (tertiary/aromatic N) is 1. The molecular weight excluding hydrogens is 243 g/mol. The smallest absolute Gasteiger partial charge is 0.231 e. The molecule has 17 heavy (non-hydrogen) atoms. The SMILES string of the molecule is CCC(CN)C(=O)N(C)c1cc(Cl)ccc1F. The minimum absolute atomic E-state index is 0.175. The summed E-state index contributed by atoms with van der Waals surface area (Å²) in [6, 6.07) is 4.11. The van der Waals surface area contributed by atoms with Crippen LogP contribution in [0.1, 0.15) is 13.3 Å². The minimum Gasteiger partial charge on any atom is -0.330 e. The molecule has 0 bridgehead atoms. The van der Waals surface area contributed by atoms with Crippen molar-refractivity contribution in [2.24, 2.45) is 11.7 Å². The van der Waals surface area contributed by atoms with Crippen molar-refractivity contribution >= 4 is 23.2 Å². The first-order valence-corrected chi connectivity index (χ1v) is 5.81. The number of hydrogen-bond donors (Lipinski definition) is 1. The average molecular weight is 259 g/mol. The summed E-state index contributed by atoms with van der Waals surface area (Å²) in [5.41, 5.74) is 5.68. The molecule has 0 aliphatic rings. The van der Waals surface area contributed by atoms with Gasteiger partial charge in [0.25, 0.3) is 0 Å². The number of rotatable bonds is 4. The van der Waals surface area contributed by atoms with E-state index in [0.29, 0.717) is 11.4 Å². The zero-order valence-electron chi connectivity index (χ0n) is 9.91. The van der Waals surface area contributed by atoms with Crippen LogP contribution in [0.25, 0.3) is 0 Å². The number of amides is 1. The normalized spacial score (nSPS) is 12.3. The van der Waals surface area contributed by atoms with E-state index in [-0.39, 0.29) is 24.1 Å². The highest BCUT2D eigenvalue weighted by Gasteiger charge is 2.22. The molecule has 1 amide bonds. The second-order valence-corrected chi connectivity index (χ2v) is 4.27. The van der Waals surface area contributed by atoms with E-state index in [9.17, 15) is 9.18 Å². The van der Waals surface area contributed by atoms with Gasteiger partial charge in [-0.2, -0.15) is 0 Å².